The van der Waals surface area contributed by atoms with Crippen molar-refractivity contribution < 1.29 is 9.53 Å². The van der Waals surface area contributed by atoms with Crippen LogP contribution in [0, 0.1) is 23.2 Å². The predicted molar refractivity (Wildman–Crippen MR) is 161 cm³/mol. The normalized spacial score (nSPS) is 22.2. The molecule has 3 aromatic heterocycles. The predicted octanol–water partition coefficient (Wildman–Crippen LogP) is 2.75. The maximum absolute atomic E-state index is 12.7. The number of nitrogens with zero attached hydrogens (tertiary/aromatic N) is 9. The molecule has 2 saturated heterocycles. The number of amides is 1. The molecule has 2 bridgehead atoms. The van der Waals surface area contributed by atoms with Crippen molar-refractivity contribution >= 4 is 28.9 Å². The number of rotatable bonds is 8. The number of ether oxygens (including phenoxy) is 1. The Labute approximate surface area is 250 Å². The van der Waals surface area contributed by atoms with Gasteiger partial charge >= 0.3 is 0 Å². The lowest BCUT2D eigenvalue weighted by molar-refractivity contribution is -0.133. The van der Waals surface area contributed by atoms with Gasteiger partial charge in [-0.1, -0.05) is 12.1 Å². The lowest BCUT2D eigenvalue weighted by atomic mass is 9.94. The summed E-state index contributed by atoms with van der Waals surface area (Å²) in [5.74, 6) is 1.48. The Hall–Kier alpha value is -4.47. The third-order valence-electron chi connectivity index (χ3n) is 9.00. The molecule has 1 aromatic carbocycles. The molecule has 4 aromatic rings. The summed E-state index contributed by atoms with van der Waals surface area (Å²) in [5.41, 5.74) is 4.38. The minimum Gasteiger partial charge on any atom is -0.373 e. The first-order valence-corrected chi connectivity index (χ1v) is 15.0. The zero-order valence-corrected chi connectivity index (χ0v) is 24.3. The van der Waals surface area contributed by atoms with Crippen molar-refractivity contribution in [3.8, 4) is 6.07 Å². The van der Waals surface area contributed by atoms with E-state index in [1.54, 1.807) is 10.9 Å². The quantitative estimate of drug-likeness (QED) is 0.335. The Bertz CT molecular complexity index is 1620. The molecule has 1 amide bonds. The van der Waals surface area contributed by atoms with Crippen LogP contribution < -0.4 is 10.2 Å². The van der Waals surface area contributed by atoms with Crippen LogP contribution in [0.3, 0.4) is 0 Å². The molecule has 222 valence electrons. The van der Waals surface area contributed by atoms with Gasteiger partial charge in [-0.15, -0.1) is 5.10 Å². The zero-order chi connectivity index (χ0) is 29.3. The summed E-state index contributed by atoms with van der Waals surface area (Å²) in [6.45, 7) is 5.90. The second-order valence-corrected chi connectivity index (χ2v) is 11.9. The highest BCUT2D eigenvalue weighted by Crippen LogP contribution is 2.41. The lowest BCUT2D eigenvalue weighted by Gasteiger charge is -2.39. The number of piperidine rings is 1. The van der Waals surface area contributed by atoms with Gasteiger partial charge < -0.3 is 24.8 Å². The van der Waals surface area contributed by atoms with Gasteiger partial charge in [-0.3, -0.25) is 9.48 Å². The van der Waals surface area contributed by atoms with Gasteiger partial charge in [0.2, 0.25) is 11.9 Å². The average Bonchev–Trinajstić information content (AvgIpc) is 3.71. The summed E-state index contributed by atoms with van der Waals surface area (Å²) in [7, 11) is 2.08. The van der Waals surface area contributed by atoms with Crippen molar-refractivity contribution in [3.63, 3.8) is 0 Å². The van der Waals surface area contributed by atoms with Crippen molar-refractivity contribution in [1.29, 1.82) is 5.26 Å². The van der Waals surface area contributed by atoms with Crippen molar-refractivity contribution in [2.75, 3.05) is 56.5 Å². The minimum atomic E-state index is 0.0793. The van der Waals surface area contributed by atoms with Crippen LogP contribution in [0.4, 0.5) is 17.3 Å². The van der Waals surface area contributed by atoms with Gasteiger partial charge in [0.1, 0.15) is 6.54 Å². The molecule has 0 unspecified atom stereocenters. The molecule has 43 heavy (non-hydrogen) atoms. The third-order valence-corrected chi connectivity index (χ3v) is 9.00. The summed E-state index contributed by atoms with van der Waals surface area (Å²) >= 11 is 0. The van der Waals surface area contributed by atoms with E-state index in [0.29, 0.717) is 30.0 Å². The van der Waals surface area contributed by atoms with E-state index in [2.05, 4.69) is 44.5 Å². The number of aromatic nitrogens is 5. The number of nitrogens with one attached hydrogen (secondary N) is 1. The molecule has 3 fully saturated rings. The zero-order valence-electron chi connectivity index (χ0n) is 24.3. The highest BCUT2D eigenvalue weighted by atomic mass is 16.5. The molecule has 7 rings (SSSR count). The maximum Gasteiger partial charge on any atom is 0.247 e. The number of benzene rings is 1. The lowest BCUT2D eigenvalue weighted by Crippen LogP contribution is -2.48. The van der Waals surface area contributed by atoms with Crippen LogP contribution in [-0.4, -0.2) is 92.5 Å². The van der Waals surface area contributed by atoms with Crippen LogP contribution in [-0.2, 0) is 22.7 Å². The molecular weight excluding hydrogens is 544 g/mol. The van der Waals surface area contributed by atoms with Gasteiger partial charge in [0.15, 0.2) is 5.65 Å². The summed E-state index contributed by atoms with van der Waals surface area (Å²) in [5, 5.41) is 21.4. The largest absolute Gasteiger partial charge is 0.373 e. The van der Waals surface area contributed by atoms with E-state index in [1.165, 1.54) is 0 Å². The summed E-state index contributed by atoms with van der Waals surface area (Å²) < 4.78 is 9.92. The summed E-state index contributed by atoms with van der Waals surface area (Å²) in [6.07, 6.45) is 7.98. The van der Waals surface area contributed by atoms with Gasteiger partial charge in [0.05, 0.1) is 41.9 Å². The average molecular weight is 581 g/mol. The fraction of sp³-hybridized carbons (Fsp3) is 0.452. The fourth-order valence-corrected chi connectivity index (χ4v) is 6.64. The van der Waals surface area contributed by atoms with Crippen molar-refractivity contribution in [1.82, 2.24) is 34.2 Å². The number of carbonyl (C=O) groups is 1. The van der Waals surface area contributed by atoms with E-state index in [-0.39, 0.29) is 18.6 Å². The molecular formula is C31H36N10O2. The molecule has 0 spiro atoms. The van der Waals surface area contributed by atoms with Gasteiger partial charge in [-0.05, 0) is 49.7 Å². The topological polar surface area (TPSA) is 120 Å². The first-order chi connectivity index (χ1) is 21.0. The Kier molecular flexibility index (Phi) is 7.42. The molecule has 1 saturated carbocycles. The molecule has 12 heteroatoms. The number of likely N-dealkylation sites (N-methyl/N-ethyl adjacent to an activating group) is 1. The van der Waals surface area contributed by atoms with E-state index in [9.17, 15) is 4.79 Å². The van der Waals surface area contributed by atoms with E-state index < -0.39 is 0 Å². The minimum absolute atomic E-state index is 0.0793. The number of carbonyl (C=O) groups excluding carboxylic acids is 1. The van der Waals surface area contributed by atoms with E-state index in [4.69, 9.17) is 15.0 Å². The van der Waals surface area contributed by atoms with Crippen LogP contribution >= 0.6 is 0 Å². The molecule has 0 radical (unpaired) electrons. The number of hydrogen-bond donors (Lipinski definition) is 1. The van der Waals surface area contributed by atoms with E-state index in [1.807, 2.05) is 52.1 Å². The van der Waals surface area contributed by atoms with Gasteiger partial charge in [0.25, 0.3) is 0 Å². The number of pyridine rings is 1. The summed E-state index contributed by atoms with van der Waals surface area (Å²) in [4.78, 5) is 24.1. The molecule has 1 aliphatic carbocycles. The SMILES string of the molecule is CN1CCN(C(=O)Cn2cc(Nc3nc4c(N5C[C@H]6CC[C@@H](C5)[C@H]6OCc5ccc(C#N)cc5)cccn4n3)cn2)CC1. The first kappa shape index (κ1) is 27.4. The molecule has 12 nitrogen and oxygen atoms in total. The molecule has 3 aliphatic rings. The fourth-order valence-electron chi connectivity index (χ4n) is 6.64. The Morgan fingerprint density at radius 1 is 1.09 bits per heavy atom. The molecule has 3 atom stereocenters. The smallest absolute Gasteiger partial charge is 0.247 e. The van der Waals surface area contributed by atoms with E-state index >= 15 is 0 Å². The van der Waals surface area contributed by atoms with Gasteiger partial charge in [-0.25, -0.2) is 4.52 Å². The van der Waals surface area contributed by atoms with Crippen LogP contribution in [0.1, 0.15) is 24.0 Å². The van der Waals surface area contributed by atoms with Crippen molar-refractivity contribution in [3.05, 3.63) is 66.1 Å². The monoisotopic (exact) mass is 580 g/mol. The molecule has 2 aliphatic heterocycles. The first-order valence-electron chi connectivity index (χ1n) is 15.0. The van der Waals surface area contributed by atoms with Crippen molar-refractivity contribution in [2.24, 2.45) is 11.8 Å². The van der Waals surface area contributed by atoms with E-state index in [0.717, 1.165) is 74.7 Å². The number of piperazine rings is 1. The number of nitriles is 1. The highest BCUT2D eigenvalue weighted by molar-refractivity contribution is 5.76. The van der Waals surface area contributed by atoms with Crippen LogP contribution in [0.5, 0.6) is 0 Å². The van der Waals surface area contributed by atoms with Crippen molar-refractivity contribution in [2.45, 2.75) is 32.1 Å². The van der Waals surface area contributed by atoms with Crippen LogP contribution in [0.15, 0.2) is 55.0 Å². The van der Waals surface area contributed by atoms with Crippen LogP contribution in [0.25, 0.3) is 5.65 Å². The van der Waals surface area contributed by atoms with Crippen LogP contribution in [0.2, 0.25) is 0 Å². The number of fused-ring (bicyclic) bond motifs is 3. The Morgan fingerprint density at radius 3 is 2.60 bits per heavy atom. The maximum atomic E-state index is 12.7. The van der Waals surface area contributed by atoms with Gasteiger partial charge in [0, 0.05) is 63.5 Å². The second-order valence-electron chi connectivity index (χ2n) is 11.9. The molecule has 5 heterocycles. The second kappa shape index (κ2) is 11.7. The molecule has 1 N–H and O–H groups in total. The Morgan fingerprint density at radius 2 is 1.86 bits per heavy atom. The third kappa shape index (κ3) is 5.78. The number of hydrogen-bond acceptors (Lipinski definition) is 9. The summed E-state index contributed by atoms with van der Waals surface area (Å²) in [6, 6.07) is 14.0. The number of anilines is 3. The van der Waals surface area contributed by atoms with Gasteiger partial charge in [-0.2, -0.15) is 15.3 Å². The Balaban J connectivity index is 0.991. The highest BCUT2D eigenvalue weighted by Gasteiger charge is 2.43. The standard InChI is InChI=1S/C31H36N10O2/c1-37-11-13-38(14-12-37)28(42)20-40-19-26(16-33-40)34-31-35-30-27(3-2-10-41(30)36-31)39-17-24-8-9-25(18-39)29(24)43-21-23-6-4-22(15-32)5-7-23/h2-7,10,16,19,24-25,29H,8-9,11-14,17-18,20-21H2,1H3,(H,34,36)/t24-,25+,29+.